The molecule has 1 aliphatic rings. The summed E-state index contributed by atoms with van der Waals surface area (Å²) in [5, 5.41) is 5.42. The first-order chi connectivity index (χ1) is 13.5. The molecule has 1 heterocycles. The Kier molecular flexibility index (Phi) is 6.18. The van der Waals surface area contributed by atoms with Gasteiger partial charge in [0.2, 0.25) is 0 Å². The number of nitrogens with zero attached hydrogens (tertiary/aromatic N) is 1. The highest BCUT2D eigenvalue weighted by molar-refractivity contribution is 14.1. The van der Waals surface area contributed by atoms with Gasteiger partial charge in [-0.3, -0.25) is 4.79 Å². The SMILES string of the molecule is O=C(NC[C@H]1CC[C@H](I)CC1)c1cc(Cl)ccc1-n1ccc2cc(Cl)ccc21. The Morgan fingerprint density at radius 2 is 1.75 bits per heavy atom. The molecular formula is C22H21Cl2IN2O. The molecule has 1 saturated carbocycles. The van der Waals surface area contributed by atoms with Gasteiger partial charge in [0.15, 0.2) is 0 Å². The molecule has 1 aromatic heterocycles. The lowest BCUT2D eigenvalue weighted by Crippen LogP contribution is -2.32. The first-order valence-corrected chi connectivity index (χ1v) is 11.5. The van der Waals surface area contributed by atoms with Crippen molar-refractivity contribution in [3.63, 3.8) is 0 Å². The standard InChI is InChI=1S/C22H21Cl2IN2O/c23-16-3-7-20-15(11-16)9-10-27(20)21-8-4-17(24)12-19(21)22(28)26-13-14-1-5-18(25)6-2-14/h3-4,7-12,14,18H,1-2,5-6,13H2,(H,26,28)/t14-,18-. The Hall–Kier alpha value is -1.24. The minimum absolute atomic E-state index is 0.0788. The zero-order valence-corrected chi connectivity index (χ0v) is 19.0. The maximum Gasteiger partial charge on any atom is 0.253 e. The quantitative estimate of drug-likeness (QED) is 0.299. The number of fused-ring (bicyclic) bond motifs is 1. The van der Waals surface area contributed by atoms with Gasteiger partial charge in [-0.25, -0.2) is 0 Å². The topological polar surface area (TPSA) is 34.0 Å². The number of nitrogens with one attached hydrogen (secondary N) is 1. The molecule has 146 valence electrons. The van der Waals surface area contributed by atoms with Gasteiger partial charge in [0.25, 0.3) is 5.91 Å². The van der Waals surface area contributed by atoms with Gasteiger partial charge in [0.05, 0.1) is 16.8 Å². The van der Waals surface area contributed by atoms with E-state index in [1.54, 1.807) is 6.07 Å². The van der Waals surface area contributed by atoms with Gasteiger partial charge < -0.3 is 9.88 Å². The number of benzene rings is 2. The predicted molar refractivity (Wildman–Crippen MR) is 125 cm³/mol. The molecule has 0 atom stereocenters. The first-order valence-electron chi connectivity index (χ1n) is 9.50. The Morgan fingerprint density at radius 3 is 2.54 bits per heavy atom. The van der Waals surface area contributed by atoms with E-state index in [9.17, 15) is 4.79 Å². The summed E-state index contributed by atoms with van der Waals surface area (Å²) in [7, 11) is 0. The second kappa shape index (κ2) is 8.64. The minimum atomic E-state index is -0.0788. The van der Waals surface area contributed by atoms with Crippen molar-refractivity contribution >= 4 is 62.6 Å². The summed E-state index contributed by atoms with van der Waals surface area (Å²) < 4.78 is 2.79. The van der Waals surface area contributed by atoms with Crippen molar-refractivity contribution in [2.45, 2.75) is 29.6 Å². The maximum absolute atomic E-state index is 13.0. The fourth-order valence-corrected chi connectivity index (χ4v) is 4.95. The molecule has 0 unspecified atom stereocenters. The van der Waals surface area contributed by atoms with Gasteiger partial charge in [-0.1, -0.05) is 45.8 Å². The summed E-state index contributed by atoms with van der Waals surface area (Å²) in [5.74, 6) is 0.483. The molecule has 0 saturated heterocycles. The number of carbonyl (C=O) groups is 1. The lowest BCUT2D eigenvalue weighted by Gasteiger charge is -2.25. The second-order valence-electron chi connectivity index (χ2n) is 7.38. The molecule has 1 amide bonds. The number of hydrogen-bond donors (Lipinski definition) is 1. The molecule has 0 aliphatic heterocycles. The third-order valence-electron chi connectivity index (χ3n) is 5.44. The molecule has 0 bridgehead atoms. The van der Waals surface area contributed by atoms with Gasteiger partial charge >= 0.3 is 0 Å². The number of carbonyl (C=O) groups excluding carboxylic acids is 1. The fourth-order valence-electron chi connectivity index (χ4n) is 3.88. The fraction of sp³-hybridized carbons (Fsp3) is 0.318. The minimum Gasteiger partial charge on any atom is -0.352 e. The van der Waals surface area contributed by atoms with Crippen molar-refractivity contribution in [2.75, 3.05) is 6.54 Å². The van der Waals surface area contributed by atoms with Crippen LogP contribution in [0.2, 0.25) is 10.0 Å². The zero-order valence-electron chi connectivity index (χ0n) is 15.3. The second-order valence-corrected chi connectivity index (χ2v) is 10.0. The van der Waals surface area contributed by atoms with Gasteiger partial charge in [0, 0.05) is 32.1 Å². The van der Waals surface area contributed by atoms with Crippen molar-refractivity contribution in [1.29, 1.82) is 0 Å². The summed E-state index contributed by atoms with van der Waals surface area (Å²) in [6.45, 7) is 0.718. The van der Waals surface area contributed by atoms with Crippen LogP contribution in [0.4, 0.5) is 0 Å². The Labute approximate surface area is 188 Å². The third kappa shape index (κ3) is 4.34. The van der Waals surface area contributed by atoms with Crippen molar-refractivity contribution < 1.29 is 4.79 Å². The monoisotopic (exact) mass is 526 g/mol. The van der Waals surface area contributed by atoms with Crippen LogP contribution >= 0.6 is 45.8 Å². The van der Waals surface area contributed by atoms with Gasteiger partial charge in [0.1, 0.15) is 0 Å². The average Bonchev–Trinajstić information content (AvgIpc) is 3.10. The Balaban J connectivity index is 1.60. The van der Waals surface area contributed by atoms with Gasteiger partial charge in [-0.05, 0) is 74.1 Å². The summed E-state index contributed by atoms with van der Waals surface area (Å²) in [4.78, 5) is 13.0. The smallest absolute Gasteiger partial charge is 0.253 e. The molecule has 0 spiro atoms. The summed E-state index contributed by atoms with van der Waals surface area (Å²) in [6.07, 6.45) is 6.80. The molecule has 4 rings (SSSR count). The highest BCUT2D eigenvalue weighted by Crippen LogP contribution is 2.29. The lowest BCUT2D eigenvalue weighted by molar-refractivity contribution is 0.0944. The molecule has 1 aliphatic carbocycles. The van der Waals surface area contributed by atoms with E-state index < -0.39 is 0 Å². The lowest BCUT2D eigenvalue weighted by atomic mass is 9.89. The molecule has 1 N–H and O–H groups in total. The average molecular weight is 527 g/mol. The van der Waals surface area contributed by atoms with Crippen LogP contribution in [0, 0.1) is 5.92 Å². The van der Waals surface area contributed by atoms with E-state index in [4.69, 9.17) is 23.2 Å². The molecule has 6 heteroatoms. The highest BCUT2D eigenvalue weighted by atomic mass is 127. The van der Waals surface area contributed by atoms with E-state index in [1.807, 2.05) is 47.2 Å². The van der Waals surface area contributed by atoms with Crippen LogP contribution < -0.4 is 5.32 Å². The van der Waals surface area contributed by atoms with Crippen molar-refractivity contribution in [3.05, 3.63) is 64.3 Å². The van der Waals surface area contributed by atoms with E-state index in [-0.39, 0.29) is 5.91 Å². The van der Waals surface area contributed by atoms with E-state index >= 15 is 0 Å². The van der Waals surface area contributed by atoms with E-state index in [1.165, 1.54) is 25.7 Å². The van der Waals surface area contributed by atoms with Crippen LogP contribution in [0.15, 0.2) is 48.7 Å². The van der Waals surface area contributed by atoms with Crippen LogP contribution in [0.3, 0.4) is 0 Å². The third-order valence-corrected chi connectivity index (χ3v) is 7.16. The van der Waals surface area contributed by atoms with Crippen molar-refractivity contribution in [3.8, 4) is 5.69 Å². The van der Waals surface area contributed by atoms with E-state index in [0.717, 1.165) is 27.1 Å². The van der Waals surface area contributed by atoms with Gasteiger partial charge in [-0.15, -0.1) is 0 Å². The van der Waals surface area contributed by atoms with Crippen LogP contribution in [0.5, 0.6) is 0 Å². The number of halogens is 3. The number of amides is 1. The Morgan fingerprint density at radius 1 is 1.04 bits per heavy atom. The molecule has 28 heavy (non-hydrogen) atoms. The summed E-state index contributed by atoms with van der Waals surface area (Å²) >= 11 is 14.9. The molecule has 2 aromatic carbocycles. The number of rotatable bonds is 4. The van der Waals surface area contributed by atoms with Crippen LogP contribution in [-0.4, -0.2) is 20.9 Å². The highest BCUT2D eigenvalue weighted by Gasteiger charge is 2.21. The molecule has 3 nitrogen and oxygen atoms in total. The van der Waals surface area contributed by atoms with Crippen molar-refractivity contribution in [2.24, 2.45) is 5.92 Å². The van der Waals surface area contributed by atoms with Crippen molar-refractivity contribution in [1.82, 2.24) is 9.88 Å². The first kappa shape index (κ1) is 20.0. The van der Waals surface area contributed by atoms with E-state index in [0.29, 0.717) is 21.5 Å². The van der Waals surface area contributed by atoms with Crippen LogP contribution in [0.25, 0.3) is 16.6 Å². The van der Waals surface area contributed by atoms with E-state index in [2.05, 4.69) is 27.9 Å². The van der Waals surface area contributed by atoms with Crippen LogP contribution in [-0.2, 0) is 0 Å². The number of aromatic nitrogens is 1. The normalized spacial score (nSPS) is 19.7. The molecular weight excluding hydrogens is 506 g/mol. The summed E-state index contributed by atoms with van der Waals surface area (Å²) in [5.41, 5.74) is 2.40. The predicted octanol–water partition coefficient (Wildman–Crippen LogP) is 6.66. The van der Waals surface area contributed by atoms with Gasteiger partial charge in [-0.2, -0.15) is 0 Å². The molecule has 3 aromatic rings. The summed E-state index contributed by atoms with van der Waals surface area (Å²) in [6, 6.07) is 13.2. The molecule has 0 radical (unpaired) electrons. The number of alkyl halides is 1. The Bertz CT molecular complexity index is 1010. The number of hydrogen-bond acceptors (Lipinski definition) is 1. The maximum atomic E-state index is 13.0. The molecule has 1 fully saturated rings. The zero-order chi connectivity index (χ0) is 19.7. The largest absolute Gasteiger partial charge is 0.352 e. The van der Waals surface area contributed by atoms with Crippen LogP contribution in [0.1, 0.15) is 36.0 Å².